The second-order valence-corrected chi connectivity index (χ2v) is 3.97. The summed E-state index contributed by atoms with van der Waals surface area (Å²) in [4.78, 5) is 24.7. The number of carbonyl (C=O) groups is 2. The molecule has 0 saturated carbocycles. The second kappa shape index (κ2) is 7.53. The molecular weight excluding hydrogens is 234 g/mol. The second-order valence-electron chi connectivity index (χ2n) is 3.97. The molecule has 0 aromatic carbocycles. The van der Waals surface area contributed by atoms with Crippen molar-refractivity contribution in [1.82, 2.24) is 4.90 Å². The number of esters is 1. The summed E-state index contributed by atoms with van der Waals surface area (Å²) in [5, 5.41) is 0. The maximum Gasteiger partial charge on any atom is 0.325 e. The predicted octanol–water partition coefficient (Wildman–Crippen LogP) is 1.62. The van der Waals surface area contributed by atoms with Crippen molar-refractivity contribution in [1.29, 1.82) is 0 Å². The summed E-state index contributed by atoms with van der Waals surface area (Å²) in [5.74, 6) is 0.325. The summed E-state index contributed by atoms with van der Waals surface area (Å²) in [7, 11) is 1.32. The highest BCUT2D eigenvalue weighted by Gasteiger charge is 2.16. The van der Waals surface area contributed by atoms with Gasteiger partial charge in [0.05, 0.1) is 13.4 Å². The molecule has 0 radical (unpaired) electrons. The van der Waals surface area contributed by atoms with Gasteiger partial charge in [0.15, 0.2) is 0 Å². The summed E-state index contributed by atoms with van der Waals surface area (Å²) in [6, 6.07) is 3.62. The smallest absolute Gasteiger partial charge is 0.325 e. The molecule has 1 rings (SSSR count). The van der Waals surface area contributed by atoms with Gasteiger partial charge in [-0.05, 0) is 18.6 Å². The average molecular weight is 253 g/mol. The number of hydrogen-bond donors (Lipinski definition) is 0. The van der Waals surface area contributed by atoms with Crippen molar-refractivity contribution >= 4 is 11.9 Å². The molecule has 1 amide bonds. The van der Waals surface area contributed by atoms with E-state index in [1.807, 2.05) is 13.0 Å². The van der Waals surface area contributed by atoms with Gasteiger partial charge in [-0.15, -0.1) is 0 Å². The lowest BCUT2D eigenvalue weighted by molar-refractivity contribution is -0.147. The molecule has 0 bridgehead atoms. The minimum Gasteiger partial charge on any atom is -0.469 e. The van der Waals surface area contributed by atoms with E-state index in [0.717, 1.165) is 12.2 Å². The number of carbonyl (C=O) groups excluding carboxylic acids is 2. The third kappa shape index (κ3) is 4.61. The van der Waals surface area contributed by atoms with E-state index in [9.17, 15) is 9.59 Å². The molecule has 1 aromatic rings. The fourth-order valence-corrected chi connectivity index (χ4v) is 1.63. The lowest BCUT2D eigenvalue weighted by Gasteiger charge is -2.20. The molecule has 0 aliphatic rings. The standard InChI is InChI=1S/C13H19NO4/c1-3-8-14(10-13(16)17-2)12(15)7-6-11-5-4-9-18-11/h4-5,9H,3,6-8,10H2,1-2H3. The van der Waals surface area contributed by atoms with E-state index in [1.54, 1.807) is 12.3 Å². The first kappa shape index (κ1) is 14.3. The highest BCUT2D eigenvalue weighted by Crippen LogP contribution is 2.06. The van der Waals surface area contributed by atoms with Crippen LogP contribution in [0.2, 0.25) is 0 Å². The van der Waals surface area contributed by atoms with Gasteiger partial charge in [-0.1, -0.05) is 6.92 Å². The van der Waals surface area contributed by atoms with Crippen LogP contribution in [0.4, 0.5) is 0 Å². The topological polar surface area (TPSA) is 59.8 Å². The lowest BCUT2D eigenvalue weighted by atomic mass is 10.2. The minimum atomic E-state index is -0.394. The third-order valence-corrected chi connectivity index (χ3v) is 2.56. The zero-order valence-electron chi connectivity index (χ0n) is 10.8. The maximum absolute atomic E-state index is 12.0. The Labute approximate surface area is 107 Å². The van der Waals surface area contributed by atoms with Crippen LogP contribution in [-0.2, 0) is 20.7 Å². The molecule has 0 aliphatic carbocycles. The number of ether oxygens (including phenoxy) is 1. The van der Waals surface area contributed by atoms with Gasteiger partial charge in [0, 0.05) is 19.4 Å². The molecule has 0 atom stereocenters. The number of amides is 1. The number of nitrogens with zero attached hydrogens (tertiary/aromatic N) is 1. The SMILES string of the molecule is CCCN(CC(=O)OC)C(=O)CCc1ccco1. The molecule has 0 fully saturated rings. The van der Waals surface area contributed by atoms with E-state index < -0.39 is 5.97 Å². The van der Waals surface area contributed by atoms with Crippen LogP contribution in [0, 0.1) is 0 Å². The Morgan fingerprint density at radius 2 is 2.22 bits per heavy atom. The Kier molecular flexibility index (Phi) is 5.97. The van der Waals surface area contributed by atoms with Crippen molar-refractivity contribution in [2.24, 2.45) is 0 Å². The molecule has 0 N–H and O–H groups in total. The van der Waals surface area contributed by atoms with Crippen molar-refractivity contribution in [3.05, 3.63) is 24.2 Å². The summed E-state index contributed by atoms with van der Waals surface area (Å²) in [6.45, 7) is 2.54. The number of furan rings is 1. The van der Waals surface area contributed by atoms with E-state index in [4.69, 9.17) is 4.42 Å². The zero-order chi connectivity index (χ0) is 13.4. The number of hydrogen-bond acceptors (Lipinski definition) is 4. The fraction of sp³-hybridized carbons (Fsp3) is 0.538. The number of methoxy groups -OCH3 is 1. The van der Waals surface area contributed by atoms with Gasteiger partial charge in [0.2, 0.25) is 5.91 Å². The molecule has 0 unspecified atom stereocenters. The molecule has 0 aliphatic heterocycles. The molecule has 5 nitrogen and oxygen atoms in total. The van der Waals surface area contributed by atoms with Gasteiger partial charge in [-0.25, -0.2) is 0 Å². The van der Waals surface area contributed by atoms with Gasteiger partial charge in [-0.3, -0.25) is 9.59 Å². The summed E-state index contributed by atoms with van der Waals surface area (Å²) < 4.78 is 9.74. The van der Waals surface area contributed by atoms with Gasteiger partial charge in [0.1, 0.15) is 12.3 Å². The van der Waals surface area contributed by atoms with E-state index in [-0.39, 0.29) is 12.5 Å². The first-order chi connectivity index (χ1) is 8.67. The zero-order valence-corrected chi connectivity index (χ0v) is 10.8. The molecule has 0 saturated heterocycles. The van der Waals surface area contributed by atoms with Crippen LogP contribution in [0.1, 0.15) is 25.5 Å². The predicted molar refractivity (Wildman–Crippen MR) is 65.9 cm³/mol. The fourth-order valence-electron chi connectivity index (χ4n) is 1.63. The molecule has 1 heterocycles. The maximum atomic E-state index is 12.0. The van der Waals surface area contributed by atoms with Crippen LogP contribution in [0.15, 0.2) is 22.8 Å². The third-order valence-electron chi connectivity index (χ3n) is 2.56. The van der Waals surface area contributed by atoms with Gasteiger partial charge < -0.3 is 14.1 Å². The minimum absolute atomic E-state index is 0.0152. The van der Waals surface area contributed by atoms with E-state index in [1.165, 1.54) is 12.0 Å². The summed E-state index contributed by atoms with van der Waals surface area (Å²) >= 11 is 0. The van der Waals surface area contributed by atoms with Crippen LogP contribution < -0.4 is 0 Å². The van der Waals surface area contributed by atoms with E-state index in [0.29, 0.717) is 19.4 Å². The van der Waals surface area contributed by atoms with Crippen molar-refractivity contribution in [3.8, 4) is 0 Å². The number of aryl methyl sites for hydroxylation is 1. The molecule has 1 aromatic heterocycles. The average Bonchev–Trinajstić information content (AvgIpc) is 2.88. The van der Waals surface area contributed by atoms with Crippen molar-refractivity contribution in [2.45, 2.75) is 26.2 Å². The molecule has 18 heavy (non-hydrogen) atoms. The van der Waals surface area contributed by atoms with Crippen molar-refractivity contribution in [3.63, 3.8) is 0 Å². The normalized spacial score (nSPS) is 10.1. The Hall–Kier alpha value is -1.78. The summed E-state index contributed by atoms with van der Waals surface area (Å²) in [6.07, 6.45) is 3.28. The quantitative estimate of drug-likeness (QED) is 0.693. The van der Waals surface area contributed by atoms with Crippen LogP contribution in [0.3, 0.4) is 0 Å². The molecule has 5 heteroatoms. The monoisotopic (exact) mass is 253 g/mol. The Bertz CT molecular complexity index is 372. The van der Waals surface area contributed by atoms with E-state index in [2.05, 4.69) is 4.74 Å². The van der Waals surface area contributed by atoms with Crippen LogP contribution >= 0.6 is 0 Å². The highest BCUT2D eigenvalue weighted by atomic mass is 16.5. The van der Waals surface area contributed by atoms with E-state index >= 15 is 0 Å². The van der Waals surface area contributed by atoms with Crippen LogP contribution in [0.5, 0.6) is 0 Å². The Morgan fingerprint density at radius 3 is 2.78 bits per heavy atom. The Balaban J connectivity index is 2.45. The van der Waals surface area contributed by atoms with Gasteiger partial charge in [0.25, 0.3) is 0 Å². The molecule has 100 valence electrons. The Morgan fingerprint density at radius 1 is 1.44 bits per heavy atom. The van der Waals surface area contributed by atoms with Crippen LogP contribution in [0.25, 0.3) is 0 Å². The number of rotatable bonds is 7. The first-order valence-corrected chi connectivity index (χ1v) is 6.04. The van der Waals surface area contributed by atoms with Crippen molar-refractivity contribution < 1.29 is 18.7 Å². The lowest BCUT2D eigenvalue weighted by Crippen LogP contribution is -2.36. The summed E-state index contributed by atoms with van der Waals surface area (Å²) in [5.41, 5.74) is 0. The van der Waals surface area contributed by atoms with Gasteiger partial charge >= 0.3 is 5.97 Å². The van der Waals surface area contributed by atoms with Crippen LogP contribution in [-0.4, -0.2) is 37.0 Å². The highest BCUT2D eigenvalue weighted by molar-refractivity contribution is 5.82. The largest absolute Gasteiger partial charge is 0.469 e. The first-order valence-electron chi connectivity index (χ1n) is 6.04. The van der Waals surface area contributed by atoms with Crippen molar-refractivity contribution in [2.75, 3.05) is 20.2 Å². The van der Waals surface area contributed by atoms with Gasteiger partial charge in [-0.2, -0.15) is 0 Å². The molecular formula is C13H19NO4. The molecule has 0 spiro atoms.